The SMILES string of the molecule is CCN(CC)CCCNC(=O)c1ccc2c(c1)OCCc1cc(C(=O)N(C)c3ccccc3Cl)sc1-2. The van der Waals surface area contributed by atoms with Crippen molar-refractivity contribution in [3.8, 4) is 16.2 Å². The third kappa shape index (κ3) is 5.75. The van der Waals surface area contributed by atoms with Gasteiger partial charge in [-0.3, -0.25) is 9.59 Å². The smallest absolute Gasteiger partial charge is 0.268 e. The van der Waals surface area contributed by atoms with E-state index in [2.05, 4.69) is 24.1 Å². The molecule has 0 fully saturated rings. The summed E-state index contributed by atoms with van der Waals surface area (Å²) < 4.78 is 6.01. The van der Waals surface area contributed by atoms with Crippen LogP contribution >= 0.6 is 22.9 Å². The second kappa shape index (κ2) is 11.9. The van der Waals surface area contributed by atoms with Crippen LogP contribution in [0, 0.1) is 0 Å². The number of halogens is 1. The molecule has 190 valence electrons. The molecule has 0 spiro atoms. The standard InChI is InChI=1S/C28H32ClN3O3S/c1-4-32(5-2)15-8-14-30-27(33)20-11-12-21-24(17-20)35-16-13-19-18-25(36-26(19)21)28(34)31(3)23-10-7-6-9-22(23)29/h6-7,9-12,17-18H,4-5,8,13-16H2,1-3H3,(H,30,33). The number of hydrogen-bond donors (Lipinski definition) is 1. The Hall–Kier alpha value is -2.87. The summed E-state index contributed by atoms with van der Waals surface area (Å²) in [6.45, 7) is 8.41. The molecule has 2 amide bonds. The van der Waals surface area contributed by atoms with Gasteiger partial charge in [-0.25, -0.2) is 0 Å². The van der Waals surface area contributed by atoms with Crippen LogP contribution in [0.4, 0.5) is 5.69 Å². The normalized spacial score (nSPS) is 12.4. The van der Waals surface area contributed by atoms with E-state index in [-0.39, 0.29) is 11.8 Å². The fourth-order valence-corrected chi connectivity index (χ4v) is 5.81. The molecule has 1 aliphatic heterocycles. The summed E-state index contributed by atoms with van der Waals surface area (Å²) in [7, 11) is 1.73. The van der Waals surface area contributed by atoms with Crippen molar-refractivity contribution in [3.63, 3.8) is 0 Å². The molecule has 1 N–H and O–H groups in total. The predicted molar refractivity (Wildman–Crippen MR) is 148 cm³/mol. The highest BCUT2D eigenvalue weighted by atomic mass is 35.5. The lowest BCUT2D eigenvalue weighted by atomic mass is 10.0. The topological polar surface area (TPSA) is 61.9 Å². The molecule has 1 aromatic heterocycles. The molecular formula is C28H32ClN3O3S. The van der Waals surface area contributed by atoms with E-state index in [1.165, 1.54) is 11.3 Å². The molecule has 0 bridgehead atoms. The fraction of sp³-hybridized carbons (Fsp3) is 0.357. The lowest BCUT2D eigenvalue weighted by Crippen LogP contribution is -2.29. The maximum Gasteiger partial charge on any atom is 0.268 e. The average molecular weight is 526 g/mol. The molecule has 0 aliphatic carbocycles. The number of ether oxygens (including phenoxy) is 1. The molecule has 0 unspecified atom stereocenters. The van der Waals surface area contributed by atoms with Crippen LogP contribution in [0.2, 0.25) is 5.02 Å². The van der Waals surface area contributed by atoms with E-state index >= 15 is 0 Å². The number of carbonyl (C=O) groups is 2. The van der Waals surface area contributed by atoms with Crippen LogP contribution in [0.5, 0.6) is 5.75 Å². The molecule has 1 aliphatic rings. The number of anilines is 1. The zero-order chi connectivity index (χ0) is 25.7. The Morgan fingerprint density at radius 1 is 1.11 bits per heavy atom. The highest BCUT2D eigenvalue weighted by molar-refractivity contribution is 7.17. The molecule has 6 nitrogen and oxygen atoms in total. The first-order chi connectivity index (χ1) is 17.4. The van der Waals surface area contributed by atoms with Crippen LogP contribution in [0.25, 0.3) is 10.4 Å². The van der Waals surface area contributed by atoms with Gasteiger partial charge in [-0.05, 0) is 68.0 Å². The van der Waals surface area contributed by atoms with Gasteiger partial charge in [0.15, 0.2) is 0 Å². The lowest BCUT2D eigenvalue weighted by Gasteiger charge is -2.18. The molecule has 0 saturated heterocycles. The number of rotatable bonds is 9. The summed E-state index contributed by atoms with van der Waals surface area (Å²) in [6.07, 6.45) is 1.60. The zero-order valence-corrected chi connectivity index (χ0v) is 22.5. The minimum absolute atomic E-state index is 0.103. The molecule has 2 heterocycles. The number of nitrogens with zero attached hydrogens (tertiary/aromatic N) is 2. The second-order valence-corrected chi connectivity index (χ2v) is 10.2. The van der Waals surface area contributed by atoms with Crippen molar-refractivity contribution in [2.24, 2.45) is 0 Å². The Bertz CT molecular complexity index is 1240. The summed E-state index contributed by atoms with van der Waals surface area (Å²) in [6, 6.07) is 14.8. The van der Waals surface area contributed by atoms with Crippen LogP contribution in [0.3, 0.4) is 0 Å². The highest BCUT2D eigenvalue weighted by Crippen LogP contribution is 2.41. The van der Waals surface area contributed by atoms with E-state index in [0.29, 0.717) is 46.5 Å². The molecule has 3 aromatic rings. The minimum atomic E-state index is -0.107. The first-order valence-corrected chi connectivity index (χ1v) is 13.5. The quantitative estimate of drug-likeness (QED) is 0.362. The molecule has 0 radical (unpaired) electrons. The van der Waals surface area contributed by atoms with Crippen LogP contribution in [0.15, 0.2) is 48.5 Å². The van der Waals surface area contributed by atoms with E-state index in [1.54, 1.807) is 24.1 Å². The molecule has 8 heteroatoms. The third-order valence-electron chi connectivity index (χ3n) is 6.49. The number of thiophene rings is 1. The van der Waals surface area contributed by atoms with E-state index in [4.69, 9.17) is 16.3 Å². The Balaban J connectivity index is 1.49. The number of hydrogen-bond acceptors (Lipinski definition) is 5. The number of para-hydroxylation sites is 1. The van der Waals surface area contributed by atoms with E-state index < -0.39 is 0 Å². The van der Waals surface area contributed by atoms with Crippen molar-refractivity contribution >= 4 is 40.4 Å². The molecule has 36 heavy (non-hydrogen) atoms. The van der Waals surface area contributed by atoms with E-state index in [9.17, 15) is 9.59 Å². The number of fused-ring (bicyclic) bond motifs is 3. The van der Waals surface area contributed by atoms with Gasteiger partial charge in [0.2, 0.25) is 0 Å². The highest BCUT2D eigenvalue weighted by Gasteiger charge is 2.24. The fourth-order valence-electron chi connectivity index (χ4n) is 4.33. The van der Waals surface area contributed by atoms with Gasteiger partial charge in [-0.15, -0.1) is 11.3 Å². The van der Waals surface area contributed by atoms with Crippen LogP contribution < -0.4 is 15.0 Å². The summed E-state index contributed by atoms with van der Waals surface area (Å²) >= 11 is 7.75. The molecule has 4 rings (SSSR count). The first-order valence-electron chi connectivity index (χ1n) is 12.4. The van der Waals surface area contributed by atoms with Gasteiger partial charge < -0.3 is 19.9 Å². The predicted octanol–water partition coefficient (Wildman–Crippen LogP) is 5.74. The summed E-state index contributed by atoms with van der Waals surface area (Å²) in [4.78, 5) is 31.6. The maximum absolute atomic E-state index is 13.3. The number of nitrogens with one attached hydrogen (secondary N) is 1. The number of amides is 2. The van der Waals surface area contributed by atoms with Gasteiger partial charge in [0.05, 0.1) is 22.2 Å². The zero-order valence-electron chi connectivity index (χ0n) is 21.0. The van der Waals surface area contributed by atoms with Gasteiger partial charge in [-0.1, -0.05) is 37.6 Å². The Kier molecular flexibility index (Phi) is 8.67. The maximum atomic E-state index is 13.3. The van der Waals surface area contributed by atoms with E-state index in [1.807, 2.05) is 36.4 Å². The van der Waals surface area contributed by atoms with Crippen molar-refractivity contribution in [1.29, 1.82) is 0 Å². The van der Waals surface area contributed by atoms with Gasteiger partial charge in [-0.2, -0.15) is 0 Å². The van der Waals surface area contributed by atoms with Gasteiger partial charge in [0.25, 0.3) is 11.8 Å². The number of benzene rings is 2. The van der Waals surface area contributed by atoms with Crippen LogP contribution in [0.1, 0.15) is 45.9 Å². The van der Waals surface area contributed by atoms with E-state index in [0.717, 1.165) is 42.1 Å². The van der Waals surface area contributed by atoms with Gasteiger partial charge >= 0.3 is 0 Å². The third-order valence-corrected chi connectivity index (χ3v) is 8.00. The van der Waals surface area contributed by atoms with Crippen molar-refractivity contribution in [2.75, 3.05) is 44.7 Å². The summed E-state index contributed by atoms with van der Waals surface area (Å²) in [5.41, 5.74) is 3.23. The summed E-state index contributed by atoms with van der Waals surface area (Å²) in [5.74, 6) is 0.461. The monoisotopic (exact) mass is 525 g/mol. The van der Waals surface area contributed by atoms with Gasteiger partial charge in [0.1, 0.15) is 5.75 Å². The average Bonchev–Trinajstić information content (AvgIpc) is 3.24. The van der Waals surface area contributed by atoms with Crippen molar-refractivity contribution in [2.45, 2.75) is 26.7 Å². The largest absolute Gasteiger partial charge is 0.493 e. The molecule has 0 atom stereocenters. The lowest BCUT2D eigenvalue weighted by molar-refractivity contribution is 0.0950. The molecule has 2 aromatic carbocycles. The Morgan fingerprint density at radius 2 is 1.89 bits per heavy atom. The van der Waals surface area contributed by atoms with Gasteiger partial charge in [0, 0.05) is 36.0 Å². The minimum Gasteiger partial charge on any atom is -0.493 e. The summed E-state index contributed by atoms with van der Waals surface area (Å²) in [5, 5.41) is 3.55. The molecule has 0 saturated carbocycles. The Morgan fingerprint density at radius 3 is 2.64 bits per heavy atom. The van der Waals surface area contributed by atoms with Crippen molar-refractivity contribution in [3.05, 3.63) is 69.6 Å². The first kappa shape index (κ1) is 26.2. The van der Waals surface area contributed by atoms with Crippen LogP contribution in [-0.2, 0) is 6.42 Å². The van der Waals surface area contributed by atoms with Crippen molar-refractivity contribution < 1.29 is 14.3 Å². The van der Waals surface area contributed by atoms with Crippen LogP contribution in [-0.4, -0.2) is 56.5 Å². The van der Waals surface area contributed by atoms with Crippen molar-refractivity contribution in [1.82, 2.24) is 10.2 Å². The number of carbonyl (C=O) groups excluding carboxylic acids is 2. The molecular weight excluding hydrogens is 494 g/mol. The second-order valence-electron chi connectivity index (χ2n) is 8.73. The Labute approximate surface area is 221 Å².